The Labute approximate surface area is 145 Å². The van der Waals surface area contributed by atoms with Crippen molar-refractivity contribution in [1.82, 2.24) is 24.6 Å². The van der Waals surface area contributed by atoms with Gasteiger partial charge >= 0.3 is 0 Å². The van der Waals surface area contributed by atoms with Gasteiger partial charge in [0.25, 0.3) is 0 Å². The van der Waals surface area contributed by atoms with Crippen LogP contribution < -0.4 is 0 Å². The molecule has 0 aliphatic carbocycles. The van der Waals surface area contributed by atoms with Crippen molar-refractivity contribution >= 4 is 11.3 Å². The van der Waals surface area contributed by atoms with Crippen LogP contribution in [0, 0.1) is 6.92 Å². The Kier molecular flexibility index (Phi) is 4.62. The van der Waals surface area contributed by atoms with Crippen LogP contribution in [0.1, 0.15) is 23.5 Å². The number of nitrogens with zero attached hydrogens (tertiary/aromatic N) is 5. The molecule has 2 aromatic rings. The topological polar surface area (TPSA) is 65.3 Å². The van der Waals surface area contributed by atoms with Crippen LogP contribution in [0.3, 0.4) is 0 Å². The SMILES string of the molecule is Cc1nc(CN2CCOC[C@@]3(CC[C@H](Cn4cncn4)O3)C2)cs1. The zero-order valence-electron chi connectivity index (χ0n) is 13.9. The Balaban J connectivity index is 1.40. The molecule has 0 aromatic carbocycles. The van der Waals surface area contributed by atoms with E-state index < -0.39 is 0 Å². The lowest BCUT2D eigenvalue weighted by Crippen LogP contribution is -2.44. The maximum absolute atomic E-state index is 6.44. The fourth-order valence-electron chi connectivity index (χ4n) is 3.61. The summed E-state index contributed by atoms with van der Waals surface area (Å²) in [5.74, 6) is 0. The minimum absolute atomic E-state index is 0.178. The highest BCUT2D eigenvalue weighted by molar-refractivity contribution is 7.09. The first-order chi connectivity index (χ1) is 11.7. The lowest BCUT2D eigenvalue weighted by molar-refractivity contribution is -0.0905. The molecule has 8 heteroatoms. The van der Waals surface area contributed by atoms with Crippen molar-refractivity contribution in [2.75, 3.05) is 26.3 Å². The molecule has 1 spiro atoms. The minimum Gasteiger partial charge on any atom is -0.377 e. The molecule has 130 valence electrons. The van der Waals surface area contributed by atoms with Crippen LogP contribution in [0.2, 0.25) is 0 Å². The van der Waals surface area contributed by atoms with Gasteiger partial charge in [0.15, 0.2) is 0 Å². The summed E-state index contributed by atoms with van der Waals surface area (Å²) in [6.45, 7) is 6.93. The fourth-order valence-corrected chi connectivity index (χ4v) is 4.21. The second kappa shape index (κ2) is 6.87. The van der Waals surface area contributed by atoms with Gasteiger partial charge in [-0.3, -0.25) is 9.58 Å². The van der Waals surface area contributed by atoms with Gasteiger partial charge in [0, 0.05) is 25.0 Å². The molecule has 2 fully saturated rings. The van der Waals surface area contributed by atoms with Gasteiger partial charge in [-0.1, -0.05) is 0 Å². The van der Waals surface area contributed by atoms with Gasteiger partial charge in [0.1, 0.15) is 18.3 Å². The van der Waals surface area contributed by atoms with Gasteiger partial charge < -0.3 is 9.47 Å². The van der Waals surface area contributed by atoms with Crippen molar-refractivity contribution in [3.8, 4) is 0 Å². The number of thiazole rings is 1. The zero-order valence-corrected chi connectivity index (χ0v) is 14.7. The van der Waals surface area contributed by atoms with E-state index in [0.29, 0.717) is 6.61 Å². The molecule has 2 aliphatic heterocycles. The number of ether oxygens (including phenoxy) is 2. The Morgan fingerprint density at radius 2 is 2.42 bits per heavy atom. The Hall–Kier alpha value is -1.35. The van der Waals surface area contributed by atoms with E-state index in [1.807, 2.05) is 4.68 Å². The maximum atomic E-state index is 6.44. The van der Waals surface area contributed by atoms with Crippen LogP contribution in [0.5, 0.6) is 0 Å². The van der Waals surface area contributed by atoms with E-state index >= 15 is 0 Å². The van der Waals surface area contributed by atoms with E-state index in [0.717, 1.165) is 56.3 Å². The normalized spacial score (nSPS) is 28.5. The summed E-state index contributed by atoms with van der Waals surface area (Å²) in [7, 11) is 0. The van der Waals surface area contributed by atoms with Gasteiger partial charge in [-0.2, -0.15) is 5.10 Å². The third kappa shape index (κ3) is 3.66. The van der Waals surface area contributed by atoms with Gasteiger partial charge in [-0.05, 0) is 19.8 Å². The number of rotatable bonds is 4. The van der Waals surface area contributed by atoms with E-state index in [-0.39, 0.29) is 11.7 Å². The number of aryl methyl sites for hydroxylation is 1. The molecule has 7 nitrogen and oxygen atoms in total. The monoisotopic (exact) mass is 349 g/mol. The van der Waals surface area contributed by atoms with Crippen LogP contribution in [-0.4, -0.2) is 62.7 Å². The summed E-state index contributed by atoms with van der Waals surface area (Å²) < 4.78 is 14.2. The Morgan fingerprint density at radius 3 is 3.21 bits per heavy atom. The molecular formula is C16H23N5O2S. The van der Waals surface area contributed by atoms with Crippen molar-refractivity contribution in [3.05, 3.63) is 28.7 Å². The quantitative estimate of drug-likeness (QED) is 0.833. The molecule has 4 heterocycles. The number of hydrogen-bond acceptors (Lipinski definition) is 7. The summed E-state index contributed by atoms with van der Waals surface area (Å²) >= 11 is 1.71. The average molecular weight is 349 g/mol. The first-order valence-corrected chi connectivity index (χ1v) is 9.30. The molecule has 2 saturated heterocycles. The third-order valence-electron chi connectivity index (χ3n) is 4.68. The average Bonchev–Trinajstić information content (AvgIpc) is 3.25. The van der Waals surface area contributed by atoms with Gasteiger partial charge in [0.2, 0.25) is 0 Å². The molecular weight excluding hydrogens is 326 g/mol. The van der Waals surface area contributed by atoms with Crippen LogP contribution in [0.4, 0.5) is 0 Å². The van der Waals surface area contributed by atoms with Crippen molar-refractivity contribution in [2.45, 2.75) is 44.6 Å². The molecule has 2 atom stereocenters. The predicted molar refractivity (Wildman–Crippen MR) is 89.8 cm³/mol. The molecule has 2 aliphatic rings. The maximum Gasteiger partial charge on any atom is 0.137 e. The summed E-state index contributed by atoms with van der Waals surface area (Å²) in [6, 6.07) is 0. The molecule has 4 rings (SSSR count). The summed E-state index contributed by atoms with van der Waals surface area (Å²) in [4.78, 5) is 11.0. The number of aromatic nitrogens is 4. The molecule has 2 aromatic heterocycles. The molecule has 0 saturated carbocycles. The molecule has 0 N–H and O–H groups in total. The van der Waals surface area contributed by atoms with Crippen LogP contribution in [-0.2, 0) is 22.6 Å². The zero-order chi connectivity index (χ0) is 16.4. The van der Waals surface area contributed by atoms with E-state index in [1.165, 1.54) is 0 Å². The van der Waals surface area contributed by atoms with Gasteiger partial charge in [0.05, 0.1) is 36.6 Å². The summed E-state index contributed by atoms with van der Waals surface area (Å²) in [6.07, 6.45) is 5.55. The second-order valence-corrected chi connectivity index (χ2v) is 7.76. The Morgan fingerprint density at radius 1 is 1.46 bits per heavy atom. The first-order valence-electron chi connectivity index (χ1n) is 8.42. The largest absolute Gasteiger partial charge is 0.377 e. The predicted octanol–water partition coefficient (Wildman–Crippen LogP) is 1.49. The minimum atomic E-state index is -0.202. The number of hydrogen-bond donors (Lipinski definition) is 0. The van der Waals surface area contributed by atoms with Crippen molar-refractivity contribution in [1.29, 1.82) is 0 Å². The smallest absolute Gasteiger partial charge is 0.137 e. The summed E-state index contributed by atoms with van der Waals surface area (Å²) in [5, 5.41) is 7.45. The summed E-state index contributed by atoms with van der Waals surface area (Å²) in [5.41, 5.74) is 0.944. The molecule has 0 bridgehead atoms. The molecule has 0 radical (unpaired) electrons. The van der Waals surface area contributed by atoms with E-state index in [9.17, 15) is 0 Å². The Bertz CT molecular complexity index is 661. The molecule has 24 heavy (non-hydrogen) atoms. The van der Waals surface area contributed by atoms with E-state index in [1.54, 1.807) is 24.0 Å². The van der Waals surface area contributed by atoms with Crippen molar-refractivity contribution < 1.29 is 9.47 Å². The van der Waals surface area contributed by atoms with Crippen molar-refractivity contribution in [3.63, 3.8) is 0 Å². The third-order valence-corrected chi connectivity index (χ3v) is 5.50. The highest BCUT2D eigenvalue weighted by Crippen LogP contribution is 2.34. The fraction of sp³-hybridized carbons (Fsp3) is 0.688. The standard InChI is InChI=1S/C16H23N5O2S/c1-13-19-14(8-24-13)6-20-4-5-22-10-16(9-20)3-2-15(23-16)7-21-12-17-11-18-21/h8,11-12,15H,2-7,9-10H2,1H3/t15-,16-/m1/s1. The van der Waals surface area contributed by atoms with Crippen LogP contribution in [0.15, 0.2) is 18.0 Å². The lowest BCUT2D eigenvalue weighted by Gasteiger charge is -2.31. The lowest BCUT2D eigenvalue weighted by atomic mass is 10.00. The molecule has 0 amide bonds. The van der Waals surface area contributed by atoms with Crippen molar-refractivity contribution in [2.24, 2.45) is 0 Å². The second-order valence-electron chi connectivity index (χ2n) is 6.70. The molecule has 0 unspecified atom stereocenters. The van der Waals surface area contributed by atoms with E-state index in [2.05, 4.69) is 32.3 Å². The highest BCUT2D eigenvalue weighted by Gasteiger charge is 2.43. The van der Waals surface area contributed by atoms with E-state index in [4.69, 9.17) is 9.47 Å². The van der Waals surface area contributed by atoms with Gasteiger partial charge in [-0.15, -0.1) is 11.3 Å². The first kappa shape index (κ1) is 16.1. The van der Waals surface area contributed by atoms with Gasteiger partial charge in [-0.25, -0.2) is 9.97 Å². The van der Waals surface area contributed by atoms with Crippen LogP contribution in [0.25, 0.3) is 0 Å². The highest BCUT2D eigenvalue weighted by atomic mass is 32.1. The van der Waals surface area contributed by atoms with Crippen LogP contribution >= 0.6 is 11.3 Å².